The summed E-state index contributed by atoms with van der Waals surface area (Å²) in [6.07, 6.45) is 8.59. The Morgan fingerprint density at radius 1 is 0.968 bits per heavy atom. The standard InChI is InChI=1S/C22H25N5.4CH4/c1-14-25-21-18(9-10-23-22(21)26-14)20-12-16-11-15(7-8-19(16)27-20)13-24-17-5-3-2-4-6-17;;;;/h7-12,17,24,27H,2-6,13H2,1H3,(H,23,25,26);4*1H4. The van der Waals surface area contributed by atoms with Gasteiger partial charge in [-0.15, -0.1) is 0 Å². The highest BCUT2D eigenvalue weighted by Gasteiger charge is 2.13. The van der Waals surface area contributed by atoms with Crippen molar-refractivity contribution in [2.24, 2.45) is 0 Å². The first-order valence-electron chi connectivity index (χ1n) is 9.93. The summed E-state index contributed by atoms with van der Waals surface area (Å²) in [6, 6.07) is 11.7. The summed E-state index contributed by atoms with van der Waals surface area (Å²) in [6.45, 7) is 2.91. The molecule has 1 aromatic carbocycles. The molecule has 0 radical (unpaired) electrons. The average Bonchev–Trinajstić information content (AvgIpc) is 3.28. The van der Waals surface area contributed by atoms with E-state index in [0.29, 0.717) is 6.04 Å². The van der Waals surface area contributed by atoms with Crippen molar-refractivity contribution in [3.63, 3.8) is 0 Å². The molecule has 0 atom stereocenters. The lowest BCUT2D eigenvalue weighted by molar-refractivity contribution is 0.372. The van der Waals surface area contributed by atoms with Crippen LogP contribution in [0.4, 0.5) is 0 Å². The van der Waals surface area contributed by atoms with Gasteiger partial charge < -0.3 is 15.3 Å². The molecule has 0 bridgehead atoms. The Labute approximate surface area is 188 Å². The molecule has 4 aromatic rings. The van der Waals surface area contributed by atoms with Gasteiger partial charge in [-0.1, -0.05) is 55.0 Å². The lowest BCUT2D eigenvalue weighted by Gasteiger charge is -2.22. The number of fused-ring (bicyclic) bond motifs is 2. The van der Waals surface area contributed by atoms with Gasteiger partial charge in [-0.05, 0) is 49.6 Å². The third-order valence-corrected chi connectivity index (χ3v) is 5.69. The van der Waals surface area contributed by atoms with Crippen molar-refractivity contribution >= 4 is 22.1 Å². The van der Waals surface area contributed by atoms with Crippen molar-refractivity contribution < 1.29 is 0 Å². The maximum Gasteiger partial charge on any atom is 0.178 e. The van der Waals surface area contributed by atoms with Crippen LogP contribution in [0.2, 0.25) is 0 Å². The zero-order valence-corrected chi connectivity index (χ0v) is 15.7. The highest BCUT2D eigenvalue weighted by atomic mass is 15.0. The summed E-state index contributed by atoms with van der Waals surface area (Å²) in [5, 5.41) is 4.98. The lowest BCUT2D eigenvalue weighted by Crippen LogP contribution is -2.30. The number of hydrogen-bond donors (Lipinski definition) is 3. The number of aryl methyl sites for hydroxylation is 1. The molecule has 5 heteroatoms. The Bertz CT molecular complexity index is 1090. The second-order valence-electron chi connectivity index (χ2n) is 7.70. The Kier molecular flexibility index (Phi) is 9.44. The molecule has 1 saturated carbocycles. The van der Waals surface area contributed by atoms with Crippen LogP contribution in [0.1, 0.15) is 73.2 Å². The number of H-pyrrole nitrogens is 2. The fraction of sp³-hybridized carbons (Fsp3) is 0.462. The van der Waals surface area contributed by atoms with E-state index in [2.05, 4.69) is 49.5 Å². The summed E-state index contributed by atoms with van der Waals surface area (Å²) in [5.74, 6) is 0.886. The topological polar surface area (TPSA) is 69.4 Å². The number of aromatic nitrogens is 4. The van der Waals surface area contributed by atoms with Gasteiger partial charge in [-0.25, -0.2) is 9.97 Å². The first-order valence-corrected chi connectivity index (χ1v) is 9.93. The largest absolute Gasteiger partial charge is 0.354 e. The molecule has 170 valence electrons. The SMILES string of the molecule is C.C.C.C.Cc1nc2nccc(-c3cc4cc(CNC5CCCCC5)ccc4[nH]3)c2[nH]1. The molecular weight excluding hydrogens is 382 g/mol. The second-order valence-corrected chi connectivity index (χ2v) is 7.70. The number of benzene rings is 1. The van der Waals surface area contributed by atoms with Crippen LogP contribution >= 0.6 is 0 Å². The molecule has 1 aliphatic carbocycles. The minimum absolute atomic E-state index is 0. The molecule has 5 nitrogen and oxygen atoms in total. The average molecular weight is 424 g/mol. The van der Waals surface area contributed by atoms with Gasteiger partial charge in [0.15, 0.2) is 5.65 Å². The Hall–Kier alpha value is -2.66. The van der Waals surface area contributed by atoms with Crippen LogP contribution in [0, 0.1) is 6.92 Å². The molecule has 1 fully saturated rings. The molecule has 3 N–H and O–H groups in total. The summed E-state index contributed by atoms with van der Waals surface area (Å²) < 4.78 is 0. The minimum Gasteiger partial charge on any atom is -0.354 e. The van der Waals surface area contributed by atoms with E-state index in [4.69, 9.17) is 0 Å². The van der Waals surface area contributed by atoms with Gasteiger partial charge in [-0.3, -0.25) is 0 Å². The molecule has 0 spiro atoms. The first kappa shape index (κ1) is 26.4. The van der Waals surface area contributed by atoms with E-state index in [-0.39, 0.29) is 29.7 Å². The highest BCUT2D eigenvalue weighted by molar-refractivity contribution is 5.94. The molecule has 0 unspecified atom stereocenters. The van der Waals surface area contributed by atoms with Crippen molar-refractivity contribution in [2.75, 3.05) is 0 Å². The summed E-state index contributed by atoms with van der Waals surface area (Å²) in [4.78, 5) is 15.7. The Morgan fingerprint density at radius 3 is 2.52 bits per heavy atom. The van der Waals surface area contributed by atoms with E-state index in [1.165, 1.54) is 43.1 Å². The molecule has 3 heterocycles. The van der Waals surface area contributed by atoms with Crippen LogP contribution in [-0.2, 0) is 6.54 Å². The number of nitrogens with one attached hydrogen (secondary N) is 3. The third-order valence-electron chi connectivity index (χ3n) is 5.69. The zero-order chi connectivity index (χ0) is 18.2. The van der Waals surface area contributed by atoms with E-state index in [1.807, 2.05) is 19.2 Å². The van der Waals surface area contributed by atoms with E-state index >= 15 is 0 Å². The molecule has 3 aromatic heterocycles. The summed E-state index contributed by atoms with van der Waals surface area (Å²) >= 11 is 0. The predicted molar refractivity (Wildman–Crippen MR) is 137 cm³/mol. The van der Waals surface area contributed by atoms with Gasteiger partial charge >= 0.3 is 0 Å². The van der Waals surface area contributed by atoms with E-state index < -0.39 is 0 Å². The van der Waals surface area contributed by atoms with Crippen molar-refractivity contribution in [3.8, 4) is 11.3 Å². The molecular formula is C26H41N5. The van der Waals surface area contributed by atoms with Gasteiger partial charge in [0, 0.05) is 40.9 Å². The van der Waals surface area contributed by atoms with Gasteiger partial charge in [0.1, 0.15) is 5.82 Å². The fourth-order valence-electron chi connectivity index (χ4n) is 4.26. The maximum absolute atomic E-state index is 4.45. The Morgan fingerprint density at radius 2 is 1.74 bits per heavy atom. The molecule has 0 amide bonds. The van der Waals surface area contributed by atoms with Crippen molar-refractivity contribution in [1.82, 2.24) is 25.3 Å². The van der Waals surface area contributed by atoms with Crippen LogP contribution in [0.25, 0.3) is 33.3 Å². The number of pyridine rings is 1. The Balaban J connectivity index is 0.00000120. The number of aromatic amines is 2. The van der Waals surface area contributed by atoms with Crippen LogP contribution in [-0.4, -0.2) is 26.0 Å². The van der Waals surface area contributed by atoms with Crippen LogP contribution in [0.3, 0.4) is 0 Å². The van der Waals surface area contributed by atoms with Crippen molar-refractivity contribution in [2.45, 2.75) is 81.3 Å². The van der Waals surface area contributed by atoms with Gasteiger partial charge in [0.05, 0.1) is 5.52 Å². The van der Waals surface area contributed by atoms with E-state index in [0.717, 1.165) is 40.3 Å². The smallest absolute Gasteiger partial charge is 0.178 e. The van der Waals surface area contributed by atoms with Gasteiger partial charge in [-0.2, -0.15) is 0 Å². The quantitative estimate of drug-likeness (QED) is 0.321. The maximum atomic E-state index is 4.45. The minimum atomic E-state index is 0. The zero-order valence-electron chi connectivity index (χ0n) is 15.7. The number of hydrogen-bond acceptors (Lipinski definition) is 3. The molecule has 1 aliphatic rings. The molecule has 31 heavy (non-hydrogen) atoms. The summed E-state index contributed by atoms with van der Waals surface area (Å²) in [7, 11) is 0. The number of rotatable bonds is 4. The third kappa shape index (κ3) is 5.34. The van der Waals surface area contributed by atoms with Crippen LogP contribution in [0.15, 0.2) is 36.5 Å². The van der Waals surface area contributed by atoms with Gasteiger partial charge in [0.2, 0.25) is 0 Å². The van der Waals surface area contributed by atoms with Gasteiger partial charge in [0.25, 0.3) is 0 Å². The van der Waals surface area contributed by atoms with Crippen LogP contribution in [0.5, 0.6) is 0 Å². The lowest BCUT2D eigenvalue weighted by atomic mass is 9.95. The van der Waals surface area contributed by atoms with E-state index in [1.54, 1.807) is 0 Å². The number of nitrogens with zero attached hydrogens (tertiary/aromatic N) is 2. The molecule has 0 saturated heterocycles. The predicted octanol–water partition coefficient (Wildman–Crippen LogP) is 7.38. The second kappa shape index (κ2) is 11.1. The normalized spacial score (nSPS) is 13.7. The monoisotopic (exact) mass is 423 g/mol. The van der Waals surface area contributed by atoms with Crippen LogP contribution < -0.4 is 5.32 Å². The highest BCUT2D eigenvalue weighted by Crippen LogP contribution is 2.29. The van der Waals surface area contributed by atoms with Crippen molar-refractivity contribution in [1.29, 1.82) is 0 Å². The first-order chi connectivity index (χ1) is 13.3. The molecule has 5 rings (SSSR count). The molecule has 0 aliphatic heterocycles. The van der Waals surface area contributed by atoms with Crippen molar-refractivity contribution in [3.05, 3.63) is 47.9 Å². The number of imidazole rings is 1. The summed E-state index contributed by atoms with van der Waals surface area (Å²) in [5.41, 5.74) is 6.46. The van der Waals surface area contributed by atoms with E-state index in [9.17, 15) is 0 Å². The fourth-order valence-corrected chi connectivity index (χ4v) is 4.26.